The van der Waals surface area contributed by atoms with Gasteiger partial charge in [0.1, 0.15) is 5.69 Å². The lowest BCUT2D eigenvalue weighted by molar-refractivity contribution is 0.442. The fraction of sp³-hybridized carbons (Fsp3) is 0.143. The first kappa shape index (κ1) is 21.1. The van der Waals surface area contributed by atoms with Crippen LogP contribution in [-0.4, -0.2) is 19.5 Å². The van der Waals surface area contributed by atoms with Crippen LogP contribution in [0, 0.1) is 13.8 Å². The molecular formula is C28H23N3OS2. The monoisotopic (exact) mass is 481 g/mol. The zero-order valence-electron chi connectivity index (χ0n) is 18.9. The summed E-state index contributed by atoms with van der Waals surface area (Å²) in [6.07, 6.45) is 3.15. The molecule has 0 saturated carbocycles. The van der Waals surface area contributed by atoms with Crippen molar-refractivity contribution in [3.63, 3.8) is 0 Å². The van der Waals surface area contributed by atoms with Crippen molar-refractivity contribution in [2.24, 2.45) is 0 Å². The van der Waals surface area contributed by atoms with Crippen molar-refractivity contribution in [1.29, 1.82) is 0 Å². The van der Waals surface area contributed by atoms with E-state index in [0.29, 0.717) is 24.2 Å². The molecule has 0 aliphatic carbocycles. The van der Waals surface area contributed by atoms with Crippen LogP contribution < -0.4 is 0 Å². The van der Waals surface area contributed by atoms with Gasteiger partial charge < -0.3 is 5.11 Å². The Kier molecular flexibility index (Phi) is 5.20. The molecule has 0 aliphatic rings. The molecule has 0 bridgehead atoms. The maximum Gasteiger partial charge on any atom is 0.219 e. The standard InChI is InChI=1S/C28H23N3OS2/c1-17-16-33-28-25(17)18(2)24(34-28)14-22-27(32)31-15-23(20-11-7-4-8-12-20)29-21(26(31)30-22)13-19-9-5-3-6-10-19/h3-12,15-16,32H,13-14H2,1-2H3. The molecule has 0 amide bonds. The first-order valence-electron chi connectivity index (χ1n) is 11.2. The number of hydrogen-bond acceptors (Lipinski definition) is 5. The van der Waals surface area contributed by atoms with Gasteiger partial charge in [-0.25, -0.2) is 9.97 Å². The molecule has 6 heteroatoms. The Morgan fingerprint density at radius 2 is 1.62 bits per heavy atom. The highest BCUT2D eigenvalue weighted by Crippen LogP contribution is 2.39. The summed E-state index contributed by atoms with van der Waals surface area (Å²) in [5, 5.41) is 14.8. The highest BCUT2D eigenvalue weighted by molar-refractivity contribution is 7.37. The quantitative estimate of drug-likeness (QED) is 0.284. The first-order chi connectivity index (χ1) is 16.6. The van der Waals surface area contributed by atoms with Crippen LogP contribution in [0.1, 0.15) is 33.0 Å². The number of aromatic hydroxyl groups is 1. The Morgan fingerprint density at radius 3 is 2.35 bits per heavy atom. The van der Waals surface area contributed by atoms with E-state index in [1.807, 2.05) is 66.1 Å². The van der Waals surface area contributed by atoms with Crippen LogP contribution in [0.15, 0.2) is 72.2 Å². The topological polar surface area (TPSA) is 50.4 Å². The molecule has 2 aromatic carbocycles. The summed E-state index contributed by atoms with van der Waals surface area (Å²) in [4.78, 5) is 11.2. The summed E-state index contributed by atoms with van der Waals surface area (Å²) in [5.41, 5.74) is 7.87. The van der Waals surface area contributed by atoms with Crippen molar-refractivity contribution in [3.05, 3.63) is 105 Å². The number of benzene rings is 2. The van der Waals surface area contributed by atoms with Crippen molar-refractivity contribution in [1.82, 2.24) is 14.4 Å². The second-order valence-electron chi connectivity index (χ2n) is 8.59. The van der Waals surface area contributed by atoms with E-state index in [1.165, 1.54) is 25.4 Å². The zero-order chi connectivity index (χ0) is 23.2. The average molecular weight is 482 g/mol. The fourth-order valence-corrected chi connectivity index (χ4v) is 7.09. The summed E-state index contributed by atoms with van der Waals surface area (Å²) >= 11 is 3.60. The van der Waals surface area contributed by atoms with Crippen LogP contribution in [0.4, 0.5) is 0 Å². The second-order valence-corrected chi connectivity index (χ2v) is 10.8. The minimum Gasteiger partial charge on any atom is -0.493 e. The summed E-state index contributed by atoms with van der Waals surface area (Å²) < 4.78 is 3.14. The van der Waals surface area contributed by atoms with E-state index >= 15 is 0 Å². The average Bonchev–Trinajstić information content (AvgIpc) is 3.49. The van der Waals surface area contributed by atoms with Crippen molar-refractivity contribution in [2.75, 3.05) is 0 Å². The summed E-state index contributed by atoms with van der Waals surface area (Å²) in [5.74, 6) is 0.191. The highest BCUT2D eigenvalue weighted by Gasteiger charge is 2.20. The van der Waals surface area contributed by atoms with Gasteiger partial charge in [-0.3, -0.25) is 4.40 Å². The Labute approximate surface area is 205 Å². The summed E-state index contributed by atoms with van der Waals surface area (Å²) in [6, 6.07) is 20.4. The molecule has 4 heterocycles. The lowest BCUT2D eigenvalue weighted by Gasteiger charge is -2.08. The maximum atomic E-state index is 11.3. The maximum absolute atomic E-state index is 11.3. The molecular weight excluding hydrogens is 458 g/mol. The van der Waals surface area contributed by atoms with Gasteiger partial charge in [0.15, 0.2) is 5.65 Å². The number of aryl methyl sites for hydroxylation is 2. The van der Waals surface area contributed by atoms with Crippen molar-refractivity contribution in [3.8, 4) is 17.1 Å². The highest BCUT2D eigenvalue weighted by atomic mass is 32.2. The zero-order valence-corrected chi connectivity index (χ0v) is 20.6. The number of hydrogen-bond donors (Lipinski definition) is 1. The molecule has 0 atom stereocenters. The van der Waals surface area contributed by atoms with Gasteiger partial charge in [-0.15, -0.1) is 22.7 Å². The molecule has 0 radical (unpaired) electrons. The van der Waals surface area contributed by atoms with E-state index in [2.05, 4.69) is 31.4 Å². The normalized spacial score (nSPS) is 11.6. The fourth-order valence-electron chi connectivity index (χ4n) is 4.51. The predicted molar refractivity (Wildman–Crippen MR) is 141 cm³/mol. The third-order valence-corrected chi connectivity index (χ3v) is 8.80. The van der Waals surface area contributed by atoms with Gasteiger partial charge in [0.05, 0.1) is 15.4 Å². The molecule has 34 heavy (non-hydrogen) atoms. The molecule has 0 aliphatic heterocycles. The summed E-state index contributed by atoms with van der Waals surface area (Å²) in [7, 11) is 0. The van der Waals surface area contributed by atoms with Crippen LogP contribution in [0.2, 0.25) is 0 Å². The van der Waals surface area contributed by atoms with Crippen LogP contribution in [0.5, 0.6) is 5.88 Å². The van der Waals surface area contributed by atoms with E-state index in [0.717, 1.165) is 22.5 Å². The minimum absolute atomic E-state index is 0.191. The molecule has 0 saturated heterocycles. The van der Waals surface area contributed by atoms with Gasteiger partial charge in [0.2, 0.25) is 5.88 Å². The molecule has 6 aromatic rings. The molecule has 0 spiro atoms. The van der Waals surface area contributed by atoms with Crippen LogP contribution in [-0.2, 0) is 12.8 Å². The number of nitrogens with zero attached hydrogens (tertiary/aromatic N) is 3. The van der Waals surface area contributed by atoms with Gasteiger partial charge in [0, 0.05) is 34.9 Å². The molecule has 6 rings (SSSR count). The smallest absolute Gasteiger partial charge is 0.219 e. The Morgan fingerprint density at radius 1 is 0.882 bits per heavy atom. The Balaban J connectivity index is 1.49. The van der Waals surface area contributed by atoms with Crippen LogP contribution in [0.3, 0.4) is 0 Å². The SMILES string of the molecule is Cc1csc2sc(Cc3nc4c(Cc5ccccc5)nc(-c5ccccc5)cn4c3O)c(C)c12. The number of aromatic nitrogens is 3. The first-order valence-corrected chi connectivity index (χ1v) is 12.9. The van der Waals surface area contributed by atoms with E-state index in [1.54, 1.807) is 15.7 Å². The second kappa shape index (κ2) is 8.38. The van der Waals surface area contributed by atoms with Crippen molar-refractivity contribution < 1.29 is 5.11 Å². The van der Waals surface area contributed by atoms with E-state index in [9.17, 15) is 5.11 Å². The summed E-state index contributed by atoms with van der Waals surface area (Å²) in [6.45, 7) is 4.34. The predicted octanol–water partition coefficient (Wildman–Crippen LogP) is 7.18. The molecule has 0 fully saturated rings. The largest absolute Gasteiger partial charge is 0.493 e. The number of imidazole rings is 1. The molecule has 4 aromatic heterocycles. The lowest BCUT2D eigenvalue weighted by atomic mass is 10.1. The van der Waals surface area contributed by atoms with E-state index < -0.39 is 0 Å². The molecule has 168 valence electrons. The third kappa shape index (κ3) is 3.59. The number of fused-ring (bicyclic) bond motifs is 2. The third-order valence-electron chi connectivity index (χ3n) is 6.28. The number of rotatable bonds is 5. The van der Waals surface area contributed by atoms with Gasteiger partial charge in [-0.1, -0.05) is 60.7 Å². The molecule has 0 unspecified atom stereocenters. The van der Waals surface area contributed by atoms with Gasteiger partial charge in [-0.2, -0.15) is 0 Å². The van der Waals surface area contributed by atoms with Crippen LogP contribution >= 0.6 is 22.7 Å². The Bertz CT molecular complexity index is 1630. The van der Waals surface area contributed by atoms with Crippen molar-refractivity contribution >= 4 is 37.7 Å². The number of thiophene rings is 2. The van der Waals surface area contributed by atoms with Crippen LogP contribution in [0.25, 0.3) is 26.3 Å². The minimum atomic E-state index is 0.191. The van der Waals surface area contributed by atoms with Gasteiger partial charge >= 0.3 is 0 Å². The lowest BCUT2D eigenvalue weighted by Crippen LogP contribution is -2.00. The van der Waals surface area contributed by atoms with Gasteiger partial charge in [-0.05, 0) is 35.9 Å². The van der Waals surface area contributed by atoms with Crippen molar-refractivity contribution in [2.45, 2.75) is 26.7 Å². The van der Waals surface area contributed by atoms with E-state index in [4.69, 9.17) is 9.97 Å². The van der Waals surface area contributed by atoms with Gasteiger partial charge in [0.25, 0.3) is 0 Å². The molecule has 1 N–H and O–H groups in total. The molecule has 4 nitrogen and oxygen atoms in total. The Hall–Kier alpha value is -3.48. The van der Waals surface area contributed by atoms with E-state index in [-0.39, 0.29) is 5.88 Å².